The maximum atomic E-state index is 12.4. The normalized spacial score (nSPS) is 12.2. The van der Waals surface area contributed by atoms with Crippen LogP contribution in [0, 0.1) is 6.92 Å². The first kappa shape index (κ1) is 14.3. The molecule has 0 aromatic carbocycles. The summed E-state index contributed by atoms with van der Waals surface area (Å²) in [5.74, 6) is 1.14. The number of aromatic nitrogens is 1. The van der Waals surface area contributed by atoms with Gasteiger partial charge in [0.15, 0.2) is 5.76 Å². The lowest BCUT2D eigenvalue weighted by Gasteiger charge is -2.23. The molecule has 1 amide bonds. The Bertz CT molecular complexity index is 590. The zero-order valence-electron chi connectivity index (χ0n) is 12.4. The maximum absolute atomic E-state index is 12.4. The molecule has 0 saturated carbocycles. The van der Waals surface area contributed by atoms with E-state index in [0.29, 0.717) is 5.76 Å². The number of rotatable bonds is 4. The van der Waals surface area contributed by atoms with Gasteiger partial charge in [0.2, 0.25) is 0 Å². The Morgan fingerprint density at radius 3 is 2.75 bits per heavy atom. The number of hydrogen-bond donors (Lipinski definition) is 0. The number of aryl methyl sites for hydroxylation is 2. The molecular weight excluding hydrogens is 252 g/mol. The summed E-state index contributed by atoms with van der Waals surface area (Å²) in [4.78, 5) is 18.4. The number of hydrogen-bond acceptors (Lipinski definition) is 3. The summed E-state index contributed by atoms with van der Waals surface area (Å²) in [6.07, 6.45) is 2.52. The van der Waals surface area contributed by atoms with Crippen LogP contribution < -0.4 is 0 Å². The Hall–Kier alpha value is -2.10. The molecule has 4 heteroatoms. The Kier molecular flexibility index (Phi) is 4.23. The van der Waals surface area contributed by atoms with E-state index >= 15 is 0 Å². The summed E-state index contributed by atoms with van der Waals surface area (Å²) < 4.78 is 5.62. The summed E-state index contributed by atoms with van der Waals surface area (Å²) in [5, 5.41) is 0. The quantitative estimate of drug-likeness (QED) is 0.857. The molecule has 0 fully saturated rings. The van der Waals surface area contributed by atoms with Crippen molar-refractivity contribution in [3.05, 3.63) is 53.2 Å². The first-order valence-electron chi connectivity index (χ1n) is 6.82. The Morgan fingerprint density at radius 2 is 2.20 bits per heavy atom. The van der Waals surface area contributed by atoms with E-state index in [-0.39, 0.29) is 11.9 Å². The Balaban J connectivity index is 2.19. The van der Waals surface area contributed by atoms with E-state index in [0.717, 1.165) is 23.4 Å². The minimum absolute atomic E-state index is 0.0980. The van der Waals surface area contributed by atoms with Crippen molar-refractivity contribution in [2.24, 2.45) is 0 Å². The minimum atomic E-state index is -0.119. The molecule has 106 valence electrons. The van der Waals surface area contributed by atoms with E-state index in [9.17, 15) is 4.79 Å². The third-order valence-corrected chi connectivity index (χ3v) is 3.57. The van der Waals surface area contributed by atoms with Gasteiger partial charge in [0.1, 0.15) is 5.76 Å². The first-order valence-corrected chi connectivity index (χ1v) is 6.82. The lowest BCUT2D eigenvalue weighted by molar-refractivity contribution is 0.0705. The molecule has 2 aromatic heterocycles. The zero-order valence-corrected chi connectivity index (χ0v) is 12.4. The average Bonchev–Trinajstić information content (AvgIpc) is 2.87. The minimum Gasteiger partial charge on any atom is -0.456 e. The van der Waals surface area contributed by atoms with Crippen molar-refractivity contribution in [3.63, 3.8) is 0 Å². The van der Waals surface area contributed by atoms with Crippen molar-refractivity contribution >= 4 is 5.91 Å². The second-order valence-corrected chi connectivity index (χ2v) is 4.92. The fourth-order valence-electron chi connectivity index (χ4n) is 2.15. The van der Waals surface area contributed by atoms with Crippen molar-refractivity contribution in [3.8, 4) is 0 Å². The van der Waals surface area contributed by atoms with Crippen molar-refractivity contribution in [2.75, 3.05) is 7.05 Å². The highest BCUT2D eigenvalue weighted by atomic mass is 16.4. The summed E-state index contributed by atoms with van der Waals surface area (Å²) in [6, 6.07) is 7.41. The van der Waals surface area contributed by atoms with Crippen LogP contribution in [0.15, 0.2) is 34.9 Å². The lowest BCUT2D eigenvalue weighted by Crippen LogP contribution is -2.29. The number of amides is 1. The van der Waals surface area contributed by atoms with Gasteiger partial charge >= 0.3 is 0 Å². The largest absolute Gasteiger partial charge is 0.456 e. The molecule has 0 aliphatic heterocycles. The summed E-state index contributed by atoms with van der Waals surface area (Å²) in [6.45, 7) is 5.93. The SMILES string of the molecule is CCc1oc(C(=O)N(C)C(C)c2ccccn2)cc1C. The van der Waals surface area contributed by atoms with Gasteiger partial charge in [-0.1, -0.05) is 13.0 Å². The van der Waals surface area contributed by atoms with Gasteiger partial charge < -0.3 is 9.32 Å². The van der Waals surface area contributed by atoms with Crippen molar-refractivity contribution < 1.29 is 9.21 Å². The van der Waals surface area contributed by atoms with Crippen LogP contribution in [-0.2, 0) is 6.42 Å². The van der Waals surface area contributed by atoms with Crippen LogP contribution in [0.4, 0.5) is 0 Å². The zero-order chi connectivity index (χ0) is 14.7. The number of nitrogens with zero attached hydrogens (tertiary/aromatic N) is 2. The second-order valence-electron chi connectivity index (χ2n) is 4.92. The molecule has 0 spiro atoms. The van der Waals surface area contributed by atoms with Crippen molar-refractivity contribution in [1.29, 1.82) is 0 Å². The number of furan rings is 1. The smallest absolute Gasteiger partial charge is 0.289 e. The van der Waals surface area contributed by atoms with Gasteiger partial charge in [-0.2, -0.15) is 0 Å². The number of carbonyl (C=O) groups is 1. The van der Waals surface area contributed by atoms with E-state index in [1.54, 1.807) is 18.1 Å². The fourth-order valence-corrected chi connectivity index (χ4v) is 2.15. The van der Waals surface area contributed by atoms with Gasteiger partial charge in [-0.3, -0.25) is 9.78 Å². The van der Waals surface area contributed by atoms with Crippen LogP contribution in [-0.4, -0.2) is 22.8 Å². The van der Waals surface area contributed by atoms with Crippen LogP contribution >= 0.6 is 0 Å². The fraction of sp³-hybridized carbons (Fsp3) is 0.375. The molecule has 0 saturated heterocycles. The molecular formula is C16H20N2O2. The van der Waals surface area contributed by atoms with Gasteiger partial charge in [0, 0.05) is 19.7 Å². The number of carbonyl (C=O) groups excluding carboxylic acids is 1. The van der Waals surface area contributed by atoms with Gasteiger partial charge in [-0.25, -0.2) is 0 Å². The molecule has 1 atom stereocenters. The predicted molar refractivity (Wildman–Crippen MR) is 77.6 cm³/mol. The van der Waals surface area contributed by atoms with E-state index in [2.05, 4.69) is 4.98 Å². The molecule has 0 aliphatic carbocycles. The van der Waals surface area contributed by atoms with Crippen molar-refractivity contribution in [1.82, 2.24) is 9.88 Å². The van der Waals surface area contributed by atoms with Crippen LogP contribution in [0.5, 0.6) is 0 Å². The molecule has 0 bridgehead atoms. The summed E-state index contributed by atoms with van der Waals surface area (Å²) >= 11 is 0. The van der Waals surface area contributed by atoms with Crippen LogP contribution in [0.2, 0.25) is 0 Å². The molecule has 2 rings (SSSR count). The van der Waals surface area contributed by atoms with Gasteiger partial charge in [-0.05, 0) is 37.6 Å². The number of pyridine rings is 1. The molecule has 2 heterocycles. The Labute approximate surface area is 119 Å². The third-order valence-electron chi connectivity index (χ3n) is 3.57. The molecule has 20 heavy (non-hydrogen) atoms. The third kappa shape index (κ3) is 2.74. The molecule has 0 radical (unpaired) electrons. The van der Waals surface area contributed by atoms with E-state index in [1.165, 1.54) is 0 Å². The molecule has 0 aliphatic rings. The first-order chi connectivity index (χ1) is 9.54. The highest BCUT2D eigenvalue weighted by Crippen LogP contribution is 2.21. The highest BCUT2D eigenvalue weighted by Gasteiger charge is 2.23. The van der Waals surface area contributed by atoms with Crippen LogP contribution in [0.25, 0.3) is 0 Å². The van der Waals surface area contributed by atoms with Gasteiger partial charge in [0.25, 0.3) is 5.91 Å². The van der Waals surface area contributed by atoms with E-state index < -0.39 is 0 Å². The van der Waals surface area contributed by atoms with Crippen LogP contribution in [0.1, 0.15) is 47.5 Å². The van der Waals surface area contributed by atoms with Gasteiger partial charge in [0.05, 0.1) is 11.7 Å². The topological polar surface area (TPSA) is 46.3 Å². The van der Waals surface area contributed by atoms with Crippen LogP contribution in [0.3, 0.4) is 0 Å². The standard InChI is InChI=1S/C16H20N2O2/c1-5-14-11(2)10-15(20-14)16(19)18(4)12(3)13-8-6-7-9-17-13/h6-10,12H,5H2,1-4H3. The highest BCUT2D eigenvalue weighted by molar-refractivity contribution is 5.91. The van der Waals surface area contributed by atoms with E-state index in [1.807, 2.05) is 45.0 Å². The molecule has 1 unspecified atom stereocenters. The van der Waals surface area contributed by atoms with E-state index in [4.69, 9.17) is 4.42 Å². The van der Waals surface area contributed by atoms with Gasteiger partial charge in [-0.15, -0.1) is 0 Å². The van der Waals surface area contributed by atoms with Crippen molar-refractivity contribution in [2.45, 2.75) is 33.2 Å². The maximum Gasteiger partial charge on any atom is 0.289 e. The summed E-state index contributed by atoms with van der Waals surface area (Å²) in [7, 11) is 1.77. The monoisotopic (exact) mass is 272 g/mol. The Morgan fingerprint density at radius 1 is 1.45 bits per heavy atom. The molecule has 4 nitrogen and oxygen atoms in total. The second kappa shape index (κ2) is 5.90. The lowest BCUT2D eigenvalue weighted by atomic mass is 10.2. The predicted octanol–water partition coefficient (Wildman–Crippen LogP) is 3.38. The molecule has 0 N–H and O–H groups in total. The average molecular weight is 272 g/mol. The summed E-state index contributed by atoms with van der Waals surface area (Å²) in [5.41, 5.74) is 1.89. The molecule has 2 aromatic rings.